The molecule has 1 aromatic carbocycles. The van der Waals surface area contributed by atoms with Crippen LogP contribution in [0.4, 0.5) is 11.5 Å². The number of fused-ring (bicyclic) bond motifs is 1. The molecule has 0 unspecified atom stereocenters. The van der Waals surface area contributed by atoms with Crippen molar-refractivity contribution in [2.45, 2.75) is 26.3 Å². The second-order valence-corrected chi connectivity index (χ2v) is 9.43. The Bertz CT molecular complexity index is 1250. The highest BCUT2D eigenvalue weighted by Crippen LogP contribution is 2.34. The van der Waals surface area contributed by atoms with Crippen LogP contribution in [0.5, 0.6) is 0 Å². The van der Waals surface area contributed by atoms with E-state index in [1.165, 1.54) is 0 Å². The Kier molecular flexibility index (Phi) is 6.59. The minimum absolute atomic E-state index is 0. The Morgan fingerprint density at radius 3 is 2.65 bits per heavy atom. The van der Waals surface area contributed by atoms with Crippen molar-refractivity contribution in [2.24, 2.45) is 0 Å². The van der Waals surface area contributed by atoms with Crippen molar-refractivity contribution in [1.82, 2.24) is 14.4 Å². The summed E-state index contributed by atoms with van der Waals surface area (Å²) in [6, 6.07) is 12.4. The summed E-state index contributed by atoms with van der Waals surface area (Å²) in [6.45, 7) is 6.43. The molecule has 0 fully saturated rings. The van der Waals surface area contributed by atoms with Crippen LogP contribution >= 0.6 is 23.7 Å². The maximum absolute atomic E-state index is 4.82. The first-order valence-corrected chi connectivity index (χ1v) is 10.6. The molecule has 0 atom stereocenters. The predicted octanol–water partition coefficient (Wildman–Crippen LogP) is 5.56. The summed E-state index contributed by atoms with van der Waals surface area (Å²) in [5.41, 5.74) is 3.80. The summed E-state index contributed by atoms with van der Waals surface area (Å²) in [6.07, 6.45) is 5.49. The van der Waals surface area contributed by atoms with E-state index in [2.05, 4.69) is 72.1 Å². The maximum atomic E-state index is 4.82. The van der Waals surface area contributed by atoms with Crippen LogP contribution in [-0.2, 0) is 0 Å². The average molecular weight is 452 g/mol. The molecule has 0 aliphatic rings. The molecule has 0 aliphatic carbocycles. The van der Waals surface area contributed by atoms with Gasteiger partial charge < -0.3 is 10.2 Å². The smallest absolute Gasteiger partial charge is 0.157 e. The second kappa shape index (κ2) is 9.01. The van der Waals surface area contributed by atoms with E-state index in [1.54, 1.807) is 23.7 Å². The van der Waals surface area contributed by atoms with Crippen molar-refractivity contribution in [2.75, 3.05) is 24.3 Å². The monoisotopic (exact) mass is 451 g/mol. The first kappa shape index (κ1) is 22.7. The highest BCUT2D eigenvalue weighted by Gasteiger charge is 2.20. The average Bonchev–Trinajstić information content (AvgIpc) is 3.30. The van der Waals surface area contributed by atoms with Gasteiger partial charge in [-0.3, -0.25) is 9.38 Å². The van der Waals surface area contributed by atoms with Gasteiger partial charge in [-0.15, -0.1) is 23.7 Å². The molecule has 0 saturated heterocycles. The lowest BCUT2D eigenvalue weighted by atomic mass is 10.1. The molecule has 5 nitrogen and oxygen atoms in total. The number of nitrogens with zero attached hydrogens (tertiary/aromatic N) is 4. The van der Waals surface area contributed by atoms with Crippen LogP contribution < -0.4 is 10.2 Å². The van der Waals surface area contributed by atoms with Gasteiger partial charge in [-0.25, -0.2) is 4.98 Å². The van der Waals surface area contributed by atoms with Crippen LogP contribution in [-0.4, -0.2) is 34.0 Å². The molecule has 3 aromatic heterocycles. The van der Waals surface area contributed by atoms with Crippen LogP contribution in [0.3, 0.4) is 0 Å². The van der Waals surface area contributed by atoms with Gasteiger partial charge in [0, 0.05) is 43.3 Å². The molecule has 0 amide bonds. The third kappa shape index (κ3) is 5.19. The zero-order valence-corrected chi connectivity index (χ0v) is 19.9. The zero-order chi connectivity index (χ0) is 21.3. The molecule has 3 heterocycles. The van der Waals surface area contributed by atoms with E-state index in [-0.39, 0.29) is 17.9 Å². The summed E-state index contributed by atoms with van der Waals surface area (Å²) in [4.78, 5) is 13.2. The minimum atomic E-state index is -0.0919. The van der Waals surface area contributed by atoms with Gasteiger partial charge in [-0.05, 0) is 51.1 Å². The largest absolute Gasteiger partial charge is 0.378 e. The molecule has 160 valence electrons. The van der Waals surface area contributed by atoms with E-state index >= 15 is 0 Å². The van der Waals surface area contributed by atoms with E-state index in [1.807, 2.05) is 36.8 Å². The lowest BCUT2D eigenvalue weighted by molar-refractivity contribution is 0.629. The van der Waals surface area contributed by atoms with Crippen molar-refractivity contribution in [3.05, 3.63) is 65.4 Å². The maximum Gasteiger partial charge on any atom is 0.157 e. The molecule has 31 heavy (non-hydrogen) atoms. The van der Waals surface area contributed by atoms with Gasteiger partial charge in [0.15, 0.2) is 5.65 Å². The summed E-state index contributed by atoms with van der Waals surface area (Å²) in [7, 11) is 4.07. The Balaban J connectivity index is 0.00000272. The van der Waals surface area contributed by atoms with Crippen molar-refractivity contribution in [1.29, 1.82) is 0 Å². The Morgan fingerprint density at radius 1 is 1.10 bits per heavy atom. The molecule has 4 aromatic rings. The van der Waals surface area contributed by atoms with Gasteiger partial charge in [0.1, 0.15) is 11.5 Å². The molecule has 0 aliphatic heterocycles. The molecule has 0 bridgehead atoms. The van der Waals surface area contributed by atoms with Crippen molar-refractivity contribution in [3.63, 3.8) is 0 Å². The second-order valence-electron chi connectivity index (χ2n) is 8.35. The predicted molar refractivity (Wildman–Crippen MR) is 134 cm³/mol. The summed E-state index contributed by atoms with van der Waals surface area (Å²) in [5.74, 6) is 7.56. The first-order valence-electron chi connectivity index (χ1n) is 9.80. The molecule has 4 rings (SSSR count). The van der Waals surface area contributed by atoms with Crippen LogP contribution in [0, 0.1) is 11.8 Å². The fraction of sp³-hybridized carbons (Fsp3) is 0.250. The van der Waals surface area contributed by atoms with Crippen molar-refractivity contribution >= 4 is 40.9 Å². The topological polar surface area (TPSA) is 45.5 Å². The third-order valence-corrected chi connectivity index (χ3v) is 5.46. The van der Waals surface area contributed by atoms with E-state index in [0.29, 0.717) is 0 Å². The van der Waals surface area contributed by atoms with Crippen molar-refractivity contribution < 1.29 is 0 Å². The normalized spacial score (nSPS) is 10.9. The van der Waals surface area contributed by atoms with Gasteiger partial charge in [-0.1, -0.05) is 17.9 Å². The Morgan fingerprint density at radius 2 is 1.90 bits per heavy atom. The number of halogens is 1. The molecular weight excluding hydrogens is 426 g/mol. The first-order chi connectivity index (χ1) is 14.3. The van der Waals surface area contributed by atoms with Crippen LogP contribution in [0.25, 0.3) is 16.2 Å². The van der Waals surface area contributed by atoms with Gasteiger partial charge in [-0.2, -0.15) is 0 Å². The van der Waals surface area contributed by atoms with E-state index in [9.17, 15) is 0 Å². The highest BCUT2D eigenvalue weighted by molar-refractivity contribution is 7.16. The van der Waals surface area contributed by atoms with Crippen molar-refractivity contribution in [3.8, 4) is 22.4 Å². The fourth-order valence-electron chi connectivity index (χ4n) is 3.08. The van der Waals surface area contributed by atoms with Crippen LogP contribution in [0.2, 0.25) is 0 Å². The number of hydrogen-bond donors (Lipinski definition) is 1. The van der Waals surface area contributed by atoms with Gasteiger partial charge in [0.05, 0.1) is 16.0 Å². The Hall–Kier alpha value is -3.01. The lowest BCUT2D eigenvalue weighted by Gasteiger charge is -2.22. The Labute approximate surface area is 193 Å². The quantitative estimate of drug-likeness (QED) is 0.414. The van der Waals surface area contributed by atoms with Gasteiger partial charge in [0.25, 0.3) is 0 Å². The van der Waals surface area contributed by atoms with E-state index in [0.717, 1.165) is 38.2 Å². The molecule has 0 radical (unpaired) electrons. The van der Waals surface area contributed by atoms with Crippen LogP contribution in [0.1, 0.15) is 31.2 Å². The van der Waals surface area contributed by atoms with E-state index in [4.69, 9.17) is 4.98 Å². The molecular formula is C24H26ClN5S. The standard InChI is InChI=1S/C24H25N5S.ClH/c1-24(2,3)27-23-22(26-21-16-25-13-14-29(21)23)20-12-11-19(30-20)10-9-17-7-6-8-18(15-17)28(4)5;/h6-8,11-16,27H,1-5H3;1H. The zero-order valence-electron chi connectivity index (χ0n) is 18.3. The fourth-order valence-corrected chi connectivity index (χ4v) is 3.93. The molecule has 0 saturated carbocycles. The lowest BCUT2D eigenvalue weighted by Crippen LogP contribution is -2.27. The van der Waals surface area contributed by atoms with Crippen LogP contribution in [0.15, 0.2) is 55.0 Å². The van der Waals surface area contributed by atoms with E-state index < -0.39 is 0 Å². The number of aromatic nitrogens is 3. The SMILES string of the molecule is CN(C)c1cccc(C#Cc2ccc(-c3nc4cnccn4c3NC(C)(C)C)s2)c1.Cl. The number of rotatable bonds is 3. The molecule has 0 spiro atoms. The summed E-state index contributed by atoms with van der Waals surface area (Å²) in [5, 5.41) is 3.59. The number of anilines is 2. The summed E-state index contributed by atoms with van der Waals surface area (Å²) >= 11 is 1.65. The third-order valence-electron chi connectivity index (χ3n) is 4.46. The number of thiophene rings is 1. The number of benzene rings is 1. The van der Waals surface area contributed by atoms with Gasteiger partial charge >= 0.3 is 0 Å². The molecule has 7 heteroatoms. The highest BCUT2D eigenvalue weighted by atomic mass is 35.5. The summed E-state index contributed by atoms with van der Waals surface area (Å²) < 4.78 is 2.05. The number of imidazole rings is 1. The molecule has 1 N–H and O–H groups in total. The minimum Gasteiger partial charge on any atom is -0.378 e. The number of nitrogens with one attached hydrogen (secondary N) is 1. The van der Waals surface area contributed by atoms with Gasteiger partial charge in [0.2, 0.25) is 0 Å². The number of hydrogen-bond acceptors (Lipinski definition) is 5.